The highest BCUT2D eigenvalue weighted by Gasteiger charge is 2.44. The van der Waals surface area contributed by atoms with Crippen LogP contribution in [0.2, 0.25) is 0 Å². The number of azide groups is 1. The van der Waals surface area contributed by atoms with E-state index < -0.39 is 60.2 Å². The highest BCUT2D eigenvalue weighted by Crippen LogP contribution is 2.66. The lowest BCUT2D eigenvalue weighted by Gasteiger charge is -2.21. The summed E-state index contributed by atoms with van der Waals surface area (Å²) in [5, 5.41) is 3.32. The molecule has 0 spiro atoms. The van der Waals surface area contributed by atoms with Gasteiger partial charge in [-0.25, -0.2) is 28.3 Å². The minimum Gasteiger partial charge on any atom is -0.455 e. The number of carbonyl (C=O) groups is 1. The Hall–Kier alpha value is -2.54. The largest absolute Gasteiger partial charge is 0.490 e. The number of hydrogen-bond acceptors (Lipinski definition) is 15. The van der Waals surface area contributed by atoms with Crippen molar-refractivity contribution in [2.75, 3.05) is 12.3 Å². The molecule has 1 saturated heterocycles. The van der Waals surface area contributed by atoms with Gasteiger partial charge in [-0.2, -0.15) is 13.6 Å². The van der Waals surface area contributed by atoms with Crippen LogP contribution in [0.25, 0.3) is 10.4 Å². The predicted octanol–water partition coefficient (Wildman–Crippen LogP) is 0.949. The van der Waals surface area contributed by atoms with E-state index in [0.29, 0.717) is 0 Å². The molecule has 0 aliphatic carbocycles. The Bertz CT molecular complexity index is 1470. The molecule has 0 saturated carbocycles. The topological polar surface area (TPSA) is 318 Å². The second-order valence-corrected chi connectivity index (χ2v) is 12.5. The molecule has 1 fully saturated rings. The van der Waals surface area contributed by atoms with Crippen molar-refractivity contribution in [1.82, 2.24) is 14.5 Å². The number of phosphoric ester groups is 1. The molecule has 214 valence electrons. The molecular formula is C14H18N7O14P3S. The first-order valence-electron chi connectivity index (χ1n) is 10.0. The summed E-state index contributed by atoms with van der Waals surface area (Å²) in [4.78, 5) is 71.3. The van der Waals surface area contributed by atoms with E-state index in [4.69, 9.17) is 30.5 Å². The fourth-order valence-corrected chi connectivity index (χ4v) is 6.81. The van der Waals surface area contributed by atoms with Crippen molar-refractivity contribution in [3.63, 3.8) is 0 Å². The smallest absolute Gasteiger partial charge is 0.455 e. The summed E-state index contributed by atoms with van der Waals surface area (Å²) in [6.45, 7) is -1.24. The van der Waals surface area contributed by atoms with Gasteiger partial charge >= 0.3 is 35.1 Å². The molecule has 5 atom stereocenters. The minimum absolute atomic E-state index is 0.0381. The number of anilines is 1. The fourth-order valence-electron chi connectivity index (χ4n) is 3.10. The zero-order chi connectivity index (χ0) is 29.0. The van der Waals surface area contributed by atoms with Gasteiger partial charge in [-0.15, -0.1) is 11.3 Å². The van der Waals surface area contributed by atoms with E-state index in [1.807, 2.05) is 0 Å². The van der Waals surface area contributed by atoms with Gasteiger partial charge in [0.1, 0.15) is 29.1 Å². The normalized spacial score (nSPS) is 22.4. The quantitative estimate of drug-likeness (QED) is 0.0714. The van der Waals surface area contributed by atoms with Gasteiger partial charge in [0.2, 0.25) is 0 Å². The van der Waals surface area contributed by atoms with Gasteiger partial charge in [-0.1, -0.05) is 5.11 Å². The number of esters is 1. The number of carbonyl (C=O) groups excluding carboxylic acids is 1. The molecule has 3 heterocycles. The Balaban J connectivity index is 1.79. The van der Waals surface area contributed by atoms with E-state index in [1.54, 1.807) is 0 Å². The summed E-state index contributed by atoms with van der Waals surface area (Å²) in [7, 11) is -16.9. The van der Waals surface area contributed by atoms with Gasteiger partial charge in [0.25, 0.3) is 0 Å². The maximum atomic E-state index is 12.8. The molecule has 2 aromatic heterocycles. The van der Waals surface area contributed by atoms with Crippen molar-refractivity contribution in [3.05, 3.63) is 49.3 Å². The molecular weight excluding hydrogens is 615 g/mol. The maximum absolute atomic E-state index is 12.8. The standard InChI is InChI=1S/C14H18N7O14P3S/c15-10-1-2-21(14(23)19-10)11-3-8(33-13(22)12-7(4-18-20-16)17-6-39-12)9(32-11)5-31-37(27,28)35-38(29,30)34-36(24,25)26/h1-2,6,8-9,11H,3-5H2,(H,27,28)(H,29,30)(H2,15,19,23)(H2,24,25,26)/t8?,9-,11-/m1/s1. The zero-order valence-electron chi connectivity index (χ0n) is 19.0. The second kappa shape index (κ2) is 12.3. The van der Waals surface area contributed by atoms with E-state index in [9.17, 15) is 33.1 Å². The second-order valence-electron chi connectivity index (χ2n) is 7.25. The molecule has 3 unspecified atom stereocenters. The van der Waals surface area contributed by atoms with Crippen LogP contribution in [-0.2, 0) is 42.9 Å². The number of rotatable bonds is 12. The number of phosphoric acid groups is 3. The first-order valence-corrected chi connectivity index (χ1v) is 15.4. The lowest BCUT2D eigenvalue weighted by molar-refractivity contribution is -0.0510. The van der Waals surface area contributed by atoms with E-state index in [0.717, 1.165) is 15.9 Å². The number of nitrogens with two attached hydrogens (primary N) is 1. The third kappa shape index (κ3) is 8.99. The molecule has 1 aliphatic heterocycles. The average molecular weight is 633 g/mol. The van der Waals surface area contributed by atoms with Crippen LogP contribution in [0, 0.1) is 0 Å². The van der Waals surface area contributed by atoms with E-state index in [-0.39, 0.29) is 29.4 Å². The van der Waals surface area contributed by atoms with Crippen LogP contribution in [0.5, 0.6) is 0 Å². The van der Waals surface area contributed by atoms with Crippen molar-refractivity contribution in [2.45, 2.75) is 31.4 Å². The van der Waals surface area contributed by atoms with Gasteiger partial charge in [0.05, 0.1) is 24.4 Å². The maximum Gasteiger partial charge on any atom is 0.490 e. The minimum atomic E-state index is -5.79. The van der Waals surface area contributed by atoms with Crippen LogP contribution in [0.3, 0.4) is 0 Å². The summed E-state index contributed by atoms with van der Waals surface area (Å²) in [6, 6.07) is 1.27. The summed E-state index contributed by atoms with van der Waals surface area (Å²) in [5.74, 6) is -1.06. The first-order chi connectivity index (χ1) is 18.1. The average Bonchev–Trinajstić information content (AvgIpc) is 3.40. The number of nitrogen functional groups attached to an aromatic ring is 1. The molecule has 1 aliphatic rings. The summed E-state index contributed by atoms with van der Waals surface area (Å²) < 4.78 is 58.4. The number of aromatic nitrogens is 3. The Morgan fingerprint density at radius 3 is 2.64 bits per heavy atom. The van der Waals surface area contributed by atoms with Crippen LogP contribution in [0.15, 0.2) is 27.7 Å². The molecule has 0 bridgehead atoms. The van der Waals surface area contributed by atoms with Gasteiger partial charge < -0.3 is 34.8 Å². The number of nitrogens with zero attached hydrogens (tertiary/aromatic N) is 6. The number of thiazole rings is 1. The molecule has 6 N–H and O–H groups in total. The van der Waals surface area contributed by atoms with Crippen LogP contribution in [0.1, 0.15) is 28.0 Å². The zero-order valence-corrected chi connectivity index (χ0v) is 22.5. The molecule has 0 amide bonds. The molecule has 0 aromatic carbocycles. The molecule has 2 aromatic rings. The predicted molar refractivity (Wildman–Crippen MR) is 125 cm³/mol. The van der Waals surface area contributed by atoms with Crippen molar-refractivity contribution in [1.29, 1.82) is 0 Å². The third-order valence-corrected chi connectivity index (χ3v) is 9.18. The number of ether oxygens (including phenoxy) is 2. The van der Waals surface area contributed by atoms with Crippen molar-refractivity contribution < 1.29 is 60.7 Å². The monoisotopic (exact) mass is 633 g/mol. The van der Waals surface area contributed by atoms with Crippen molar-refractivity contribution in [2.24, 2.45) is 5.11 Å². The molecule has 0 radical (unpaired) electrons. The molecule has 3 rings (SSSR count). The first kappa shape index (κ1) is 31.0. The number of hydrogen-bond donors (Lipinski definition) is 5. The van der Waals surface area contributed by atoms with Crippen LogP contribution in [-0.4, -0.2) is 58.9 Å². The van der Waals surface area contributed by atoms with Gasteiger partial charge in [-0.3, -0.25) is 9.09 Å². The van der Waals surface area contributed by atoms with Crippen molar-refractivity contribution >= 4 is 46.6 Å². The van der Waals surface area contributed by atoms with Crippen molar-refractivity contribution in [3.8, 4) is 0 Å². The Morgan fingerprint density at radius 1 is 1.28 bits per heavy atom. The summed E-state index contributed by atoms with van der Waals surface area (Å²) in [5.41, 5.74) is 14.5. The molecule has 21 nitrogen and oxygen atoms in total. The van der Waals surface area contributed by atoms with E-state index in [2.05, 4.69) is 33.1 Å². The lowest BCUT2D eigenvalue weighted by atomic mass is 10.2. The highest BCUT2D eigenvalue weighted by atomic mass is 32.1. The van der Waals surface area contributed by atoms with Gasteiger partial charge in [-0.05, 0) is 11.6 Å². The van der Waals surface area contributed by atoms with Crippen LogP contribution in [0.4, 0.5) is 5.82 Å². The van der Waals surface area contributed by atoms with Crippen LogP contribution >= 0.6 is 34.8 Å². The van der Waals surface area contributed by atoms with E-state index in [1.165, 1.54) is 17.8 Å². The fraction of sp³-hybridized carbons (Fsp3) is 0.429. The highest BCUT2D eigenvalue weighted by molar-refractivity contribution is 7.66. The Morgan fingerprint density at radius 2 is 2.00 bits per heavy atom. The van der Waals surface area contributed by atoms with Gasteiger partial charge in [0, 0.05) is 17.5 Å². The van der Waals surface area contributed by atoms with E-state index >= 15 is 0 Å². The third-order valence-electron chi connectivity index (χ3n) is 4.53. The Labute approximate surface area is 220 Å². The SMILES string of the molecule is [N-]=[N+]=NCc1ncsc1C(=O)OC1C[C@H](n2ccc(N)nc2=O)O[C@@H]1COP(=O)(O)OP(=O)(O)OP(=O)(O)O. The van der Waals surface area contributed by atoms with Gasteiger partial charge in [0.15, 0.2) is 0 Å². The Kier molecular flexibility index (Phi) is 9.79. The molecule has 39 heavy (non-hydrogen) atoms. The summed E-state index contributed by atoms with van der Waals surface area (Å²) in [6.07, 6.45) is -2.87. The summed E-state index contributed by atoms with van der Waals surface area (Å²) >= 11 is 0.861. The lowest BCUT2D eigenvalue weighted by Crippen LogP contribution is -2.31. The molecule has 25 heteroatoms. The van der Waals surface area contributed by atoms with Crippen LogP contribution < -0.4 is 11.4 Å².